The molecule has 1 saturated heterocycles. The van der Waals surface area contributed by atoms with Gasteiger partial charge in [-0.2, -0.15) is 0 Å². The second-order valence-electron chi connectivity index (χ2n) is 6.34. The van der Waals surface area contributed by atoms with Crippen molar-refractivity contribution >= 4 is 5.91 Å². The molecular formula is C19H17F4NO2. The zero-order valence-electron chi connectivity index (χ0n) is 13.8. The second-order valence-corrected chi connectivity index (χ2v) is 6.34. The summed E-state index contributed by atoms with van der Waals surface area (Å²) in [7, 11) is 0. The number of hydrogen-bond acceptors (Lipinski definition) is 2. The topological polar surface area (TPSA) is 40.5 Å². The lowest BCUT2D eigenvalue weighted by Gasteiger charge is -2.37. The number of aliphatic hydroxyl groups is 1. The maximum absolute atomic E-state index is 14.4. The molecule has 138 valence electrons. The molecule has 0 unspecified atom stereocenters. The number of aliphatic hydroxyl groups excluding tert-OH is 1. The Balaban J connectivity index is 1.81. The zero-order valence-corrected chi connectivity index (χ0v) is 13.8. The van der Waals surface area contributed by atoms with Crippen LogP contribution in [0.4, 0.5) is 17.6 Å². The van der Waals surface area contributed by atoms with E-state index < -0.39 is 42.4 Å². The van der Waals surface area contributed by atoms with Gasteiger partial charge in [-0.05, 0) is 35.4 Å². The van der Waals surface area contributed by atoms with Crippen LogP contribution in [0.1, 0.15) is 16.8 Å². The van der Waals surface area contributed by atoms with Crippen molar-refractivity contribution in [2.75, 3.05) is 19.7 Å². The van der Waals surface area contributed by atoms with Gasteiger partial charge >= 0.3 is 0 Å². The predicted molar refractivity (Wildman–Crippen MR) is 87.8 cm³/mol. The van der Waals surface area contributed by atoms with Crippen molar-refractivity contribution in [1.82, 2.24) is 4.90 Å². The molecule has 1 fully saturated rings. The smallest absolute Gasteiger partial charge is 0.256 e. The third-order valence-corrected chi connectivity index (χ3v) is 4.64. The largest absolute Gasteiger partial charge is 0.396 e. The van der Waals surface area contributed by atoms with Gasteiger partial charge in [-0.1, -0.05) is 18.2 Å². The van der Waals surface area contributed by atoms with E-state index in [1.165, 1.54) is 36.4 Å². The number of carbonyl (C=O) groups excluding carboxylic acids is 1. The second kappa shape index (κ2) is 7.07. The molecule has 0 bridgehead atoms. The molecule has 2 aromatic carbocycles. The van der Waals surface area contributed by atoms with E-state index >= 15 is 0 Å². The molecule has 7 heteroatoms. The Morgan fingerprint density at radius 3 is 2.38 bits per heavy atom. The van der Waals surface area contributed by atoms with E-state index in [1.807, 2.05) is 0 Å². The predicted octanol–water partition coefficient (Wildman–Crippen LogP) is 3.72. The fourth-order valence-corrected chi connectivity index (χ4v) is 3.04. The van der Waals surface area contributed by atoms with E-state index in [0.717, 1.165) is 11.0 Å². The summed E-state index contributed by atoms with van der Waals surface area (Å²) >= 11 is 0. The van der Waals surface area contributed by atoms with Crippen molar-refractivity contribution in [3.8, 4) is 11.1 Å². The number of amides is 1. The molecule has 0 aliphatic carbocycles. The maximum atomic E-state index is 14.4. The highest BCUT2D eigenvalue weighted by Crippen LogP contribution is 2.34. The Morgan fingerprint density at radius 2 is 1.77 bits per heavy atom. The van der Waals surface area contributed by atoms with E-state index in [-0.39, 0.29) is 18.7 Å². The van der Waals surface area contributed by atoms with Crippen molar-refractivity contribution in [2.45, 2.75) is 12.3 Å². The quantitative estimate of drug-likeness (QED) is 0.840. The Hall–Kier alpha value is -2.41. The van der Waals surface area contributed by atoms with Gasteiger partial charge in [0.1, 0.15) is 11.6 Å². The highest BCUT2D eigenvalue weighted by molar-refractivity contribution is 5.95. The van der Waals surface area contributed by atoms with Gasteiger partial charge in [-0.15, -0.1) is 0 Å². The maximum Gasteiger partial charge on any atom is 0.256 e. The molecule has 1 N–H and O–H groups in total. The van der Waals surface area contributed by atoms with Crippen LogP contribution in [0.15, 0.2) is 42.5 Å². The number of halogens is 4. The lowest BCUT2D eigenvalue weighted by molar-refractivity contribution is -0.113. The zero-order chi connectivity index (χ0) is 18.9. The summed E-state index contributed by atoms with van der Waals surface area (Å²) in [5.41, 5.74) is 0.831. The Bertz CT molecular complexity index is 808. The normalized spacial score (nSPS) is 19.4. The first-order chi connectivity index (χ1) is 12.3. The first kappa shape index (κ1) is 18.4. The van der Waals surface area contributed by atoms with Crippen molar-refractivity contribution in [3.05, 3.63) is 59.7 Å². The minimum Gasteiger partial charge on any atom is -0.396 e. The van der Waals surface area contributed by atoms with Gasteiger partial charge in [-0.25, -0.2) is 17.6 Å². The van der Waals surface area contributed by atoms with Gasteiger partial charge in [-0.3, -0.25) is 4.79 Å². The number of hydrogen-bond donors (Lipinski definition) is 1. The van der Waals surface area contributed by atoms with E-state index in [0.29, 0.717) is 11.1 Å². The molecule has 1 aliphatic heterocycles. The molecule has 3 rings (SSSR count). The molecule has 2 aromatic rings. The molecule has 0 spiro atoms. The monoisotopic (exact) mass is 367 g/mol. The summed E-state index contributed by atoms with van der Waals surface area (Å²) in [6.07, 6.45) is -0.570. The number of alkyl halides is 2. The van der Waals surface area contributed by atoms with Crippen LogP contribution in [-0.4, -0.2) is 41.5 Å². The van der Waals surface area contributed by atoms with E-state index in [1.54, 1.807) is 0 Å². The van der Waals surface area contributed by atoms with Gasteiger partial charge in [0.2, 0.25) is 0 Å². The van der Waals surface area contributed by atoms with E-state index in [2.05, 4.69) is 0 Å². The van der Waals surface area contributed by atoms with Crippen LogP contribution in [-0.2, 0) is 0 Å². The number of carbonyl (C=O) groups is 1. The van der Waals surface area contributed by atoms with Gasteiger partial charge in [0.15, 0.2) is 0 Å². The fourth-order valence-electron chi connectivity index (χ4n) is 3.04. The first-order valence-corrected chi connectivity index (χ1v) is 8.15. The molecule has 0 saturated carbocycles. The lowest BCUT2D eigenvalue weighted by Crippen LogP contribution is -2.50. The third-order valence-electron chi connectivity index (χ3n) is 4.64. The third kappa shape index (κ3) is 3.58. The van der Waals surface area contributed by atoms with Crippen LogP contribution in [0.2, 0.25) is 0 Å². The number of benzene rings is 2. The molecule has 1 heterocycles. The van der Waals surface area contributed by atoms with Gasteiger partial charge in [0, 0.05) is 19.5 Å². The first-order valence-electron chi connectivity index (χ1n) is 8.15. The van der Waals surface area contributed by atoms with E-state index in [4.69, 9.17) is 5.11 Å². The number of nitrogens with zero attached hydrogens (tertiary/aromatic N) is 1. The summed E-state index contributed by atoms with van der Waals surface area (Å²) < 4.78 is 54.7. The van der Waals surface area contributed by atoms with Gasteiger partial charge < -0.3 is 10.0 Å². The minimum atomic E-state index is -3.05. The average molecular weight is 367 g/mol. The number of piperidine rings is 1. The fraction of sp³-hybridized carbons (Fsp3) is 0.316. The van der Waals surface area contributed by atoms with Crippen molar-refractivity contribution in [3.63, 3.8) is 0 Å². The number of likely N-dealkylation sites (tertiary alicyclic amines) is 1. The minimum absolute atomic E-state index is 0.207. The van der Waals surface area contributed by atoms with E-state index in [9.17, 15) is 22.4 Å². The van der Waals surface area contributed by atoms with Gasteiger partial charge in [0.25, 0.3) is 11.8 Å². The molecular weight excluding hydrogens is 350 g/mol. The molecule has 1 aliphatic rings. The highest BCUT2D eigenvalue weighted by atomic mass is 19.3. The van der Waals surface area contributed by atoms with Crippen molar-refractivity contribution in [1.29, 1.82) is 0 Å². The average Bonchev–Trinajstić information content (AvgIpc) is 2.61. The van der Waals surface area contributed by atoms with Crippen molar-refractivity contribution < 1.29 is 27.5 Å². The Morgan fingerprint density at radius 1 is 1.12 bits per heavy atom. The summed E-state index contributed by atoms with van der Waals surface area (Å²) in [6.45, 7) is -1.29. The van der Waals surface area contributed by atoms with Crippen LogP contribution < -0.4 is 0 Å². The van der Waals surface area contributed by atoms with Crippen molar-refractivity contribution in [2.24, 2.45) is 5.92 Å². The highest BCUT2D eigenvalue weighted by Gasteiger charge is 2.45. The molecule has 1 amide bonds. The molecule has 0 aromatic heterocycles. The molecule has 26 heavy (non-hydrogen) atoms. The Kier molecular flexibility index (Phi) is 5.00. The van der Waals surface area contributed by atoms with Crippen LogP contribution >= 0.6 is 0 Å². The molecule has 1 atom stereocenters. The summed E-state index contributed by atoms with van der Waals surface area (Å²) in [5.74, 6) is -6.30. The van der Waals surface area contributed by atoms with Crippen LogP contribution in [0.3, 0.4) is 0 Å². The lowest BCUT2D eigenvalue weighted by atomic mass is 9.93. The van der Waals surface area contributed by atoms with Crippen LogP contribution in [0.25, 0.3) is 11.1 Å². The molecule has 0 radical (unpaired) electrons. The molecule has 3 nitrogen and oxygen atoms in total. The summed E-state index contributed by atoms with van der Waals surface area (Å²) in [5, 5.41) is 9.11. The van der Waals surface area contributed by atoms with Crippen LogP contribution in [0, 0.1) is 17.6 Å². The summed E-state index contributed by atoms with van der Waals surface area (Å²) in [4.78, 5) is 13.6. The standard InChI is InChI=1S/C19H17F4NO2/c20-15-4-1-12(2-5-15)13-3-6-16(17(21)9-13)18(26)24-8-7-19(22,23)14(10-24)11-25/h1-6,9,14,25H,7-8,10-11H2/t14-/m1/s1. The van der Waals surface area contributed by atoms with Crippen LogP contribution in [0.5, 0.6) is 0 Å². The van der Waals surface area contributed by atoms with Gasteiger partial charge in [0.05, 0.1) is 18.1 Å². The number of rotatable bonds is 3. The Labute approximate surface area is 147 Å². The summed E-state index contributed by atoms with van der Waals surface area (Å²) in [6, 6.07) is 9.43. The SMILES string of the molecule is O=C(c1ccc(-c2ccc(F)cc2)cc1F)N1CCC(F)(F)[C@@H](CO)C1.